The second-order valence-corrected chi connectivity index (χ2v) is 7.66. The van der Waals surface area contributed by atoms with Gasteiger partial charge in [-0.1, -0.05) is 6.07 Å². The van der Waals surface area contributed by atoms with Gasteiger partial charge in [0.15, 0.2) is 11.2 Å². The van der Waals surface area contributed by atoms with Crippen molar-refractivity contribution in [3.63, 3.8) is 0 Å². The minimum atomic E-state index is -4.92. The number of nitrogens with zero attached hydrogens (tertiary/aromatic N) is 5. The van der Waals surface area contributed by atoms with Crippen LogP contribution in [0.3, 0.4) is 0 Å². The number of aliphatic hydroxyl groups excluding tert-OH is 1. The Kier molecular flexibility index (Phi) is 6.79. The highest BCUT2D eigenvalue weighted by atomic mass is 19.4. The molecule has 4 rings (SSSR count). The van der Waals surface area contributed by atoms with Crippen LogP contribution < -0.4 is 20.7 Å². The van der Waals surface area contributed by atoms with Crippen LogP contribution in [0.5, 0.6) is 17.5 Å². The van der Waals surface area contributed by atoms with Gasteiger partial charge in [0.1, 0.15) is 17.3 Å². The van der Waals surface area contributed by atoms with Crippen molar-refractivity contribution in [1.29, 1.82) is 0 Å². The van der Waals surface area contributed by atoms with E-state index in [-0.39, 0.29) is 49.0 Å². The van der Waals surface area contributed by atoms with Gasteiger partial charge in [-0.05, 0) is 30.2 Å². The van der Waals surface area contributed by atoms with Crippen LogP contribution in [0.25, 0.3) is 11.2 Å². The number of benzene rings is 1. The number of fused-ring (bicyclic) bond motifs is 1. The average molecular weight is 509 g/mol. The number of pyridine rings is 1. The van der Waals surface area contributed by atoms with Gasteiger partial charge in [0.25, 0.3) is 5.56 Å². The summed E-state index contributed by atoms with van der Waals surface area (Å²) in [5.41, 5.74) is -1.24. The minimum Gasteiger partial charge on any atom is -0.425 e. The van der Waals surface area contributed by atoms with Crippen LogP contribution in [0, 0.1) is 5.82 Å². The SMILES string of the molecule is Cn1c(=O)n(CCCO)c(=O)c2c1nc(Oc1cccc(OC(F)(F)F)c1)n2Cc1cncc(F)c1. The summed E-state index contributed by atoms with van der Waals surface area (Å²) >= 11 is 0. The number of rotatable bonds is 8. The van der Waals surface area contributed by atoms with E-state index in [0.717, 1.165) is 27.5 Å². The first-order valence-electron chi connectivity index (χ1n) is 10.5. The predicted molar refractivity (Wildman–Crippen MR) is 117 cm³/mol. The van der Waals surface area contributed by atoms with E-state index in [4.69, 9.17) is 9.84 Å². The molecule has 0 aliphatic rings. The molecule has 0 amide bonds. The van der Waals surface area contributed by atoms with E-state index in [9.17, 15) is 27.2 Å². The van der Waals surface area contributed by atoms with E-state index in [1.165, 1.54) is 36.0 Å². The van der Waals surface area contributed by atoms with Crippen molar-refractivity contribution >= 4 is 11.2 Å². The first-order chi connectivity index (χ1) is 17.1. The molecule has 36 heavy (non-hydrogen) atoms. The van der Waals surface area contributed by atoms with Gasteiger partial charge in [-0.15, -0.1) is 13.2 Å². The molecule has 190 valence electrons. The summed E-state index contributed by atoms with van der Waals surface area (Å²) in [6, 6.07) is 5.58. The van der Waals surface area contributed by atoms with Crippen molar-refractivity contribution in [2.75, 3.05) is 6.61 Å². The molecule has 14 heteroatoms. The normalized spacial score (nSPS) is 11.7. The quantitative estimate of drug-likeness (QED) is 0.363. The number of alkyl halides is 3. The van der Waals surface area contributed by atoms with E-state index in [1.807, 2.05) is 0 Å². The Hall–Kier alpha value is -4.20. The molecular formula is C22H19F4N5O5. The number of aromatic nitrogens is 5. The molecule has 0 spiro atoms. The molecule has 0 unspecified atom stereocenters. The topological polar surface area (TPSA) is 113 Å². The second kappa shape index (κ2) is 9.81. The standard InChI is InChI=1S/C22H19F4N5O5/c1-29-18-17(19(33)30(21(29)34)6-3-7-32)31(12-13-8-14(23)11-27-10-13)20(28-18)35-15-4-2-5-16(9-15)36-22(24,25)26/h2,4-5,8-11,32H,3,6-7,12H2,1H3. The van der Waals surface area contributed by atoms with Crippen LogP contribution in [-0.2, 0) is 20.1 Å². The third kappa shape index (κ3) is 5.22. The van der Waals surface area contributed by atoms with Crippen molar-refractivity contribution in [3.8, 4) is 17.5 Å². The summed E-state index contributed by atoms with van der Waals surface area (Å²) < 4.78 is 64.6. The number of imidazole rings is 1. The lowest BCUT2D eigenvalue weighted by atomic mass is 10.3. The van der Waals surface area contributed by atoms with Gasteiger partial charge in [-0.2, -0.15) is 4.98 Å². The second-order valence-electron chi connectivity index (χ2n) is 7.66. The number of halogens is 4. The molecule has 3 heterocycles. The summed E-state index contributed by atoms with van der Waals surface area (Å²) in [4.78, 5) is 34.0. The number of aliphatic hydroxyl groups is 1. The van der Waals surface area contributed by atoms with E-state index >= 15 is 0 Å². The molecule has 0 fully saturated rings. The predicted octanol–water partition coefficient (Wildman–Crippen LogP) is 2.55. The van der Waals surface area contributed by atoms with Crippen molar-refractivity contribution in [2.45, 2.75) is 25.9 Å². The smallest absolute Gasteiger partial charge is 0.425 e. The highest BCUT2D eigenvalue weighted by Gasteiger charge is 2.31. The van der Waals surface area contributed by atoms with Crippen LogP contribution in [0.2, 0.25) is 0 Å². The van der Waals surface area contributed by atoms with Crippen molar-refractivity contribution < 1.29 is 32.1 Å². The molecule has 3 aromatic heterocycles. The van der Waals surface area contributed by atoms with Crippen LogP contribution >= 0.6 is 0 Å². The molecule has 1 aromatic carbocycles. The zero-order valence-corrected chi connectivity index (χ0v) is 18.7. The van der Waals surface area contributed by atoms with Crippen LogP contribution in [0.1, 0.15) is 12.0 Å². The molecule has 4 aromatic rings. The Morgan fingerprint density at radius 1 is 1.08 bits per heavy atom. The Labute approximate surface area is 199 Å². The van der Waals surface area contributed by atoms with Crippen molar-refractivity contribution in [1.82, 2.24) is 23.7 Å². The van der Waals surface area contributed by atoms with Gasteiger partial charge in [0, 0.05) is 32.5 Å². The Morgan fingerprint density at radius 3 is 2.53 bits per heavy atom. The molecule has 0 aliphatic heterocycles. The number of aryl methyl sites for hydroxylation is 1. The van der Waals surface area contributed by atoms with Gasteiger partial charge in [0.2, 0.25) is 0 Å². The lowest BCUT2D eigenvalue weighted by molar-refractivity contribution is -0.274. The summed E-state index contributed by atoms with van der Waals surface area (Å²) in [7, 11) is 1.38. The monoisotopic (exact) mass is 509 g/mol. The van der Waals surface area contributed by atoms with E-state index in [0.29, 0.717) is 5.56 Å². The summed E-state index contributed by atoms with van der Waals surface area (Å²) in [5.74, 6) is -1.28. The fourth-order valence-electron chi connectivity index (χ4n) is 3.57. The van der Waals surface area contributed by atoms with E-state index in [2.05, 4.69) is 14.7 Å². The minimum absolute atomic E-state index is 0.0627. The average Bonchev–Trinajstić information content (AvgIpc) is 3.15. The molecular weight excluding hydrogens is 490 g/mol. The summed E-state index contributed by atoms with van der Waals surface area (Å²) in [5, 5.41) is 9.14. The van der Waals surface area contributed by atoms with Crippen LogP contribution in [-0.4, -0.2) is 41.7 Å². The van der Waals surface area contributed by atoms with E-state index < -0.39 is 29.2 Å². The van der Waals surface area contributed by atoms with Crippen molar-refractivity contribution in [2.24, 2.45) is 7.05 Å². The highest BCUT2D eigenvalue weighted by Crippen LogP contribution is 2.30. The molecule has 0 aliphatic carbocycles. The first kappa shape index (κ1) is 24.9. The van der Waals surface area contributed by atoms with Gasteiger partial charge < -0.3 is 14.6 Å². The van der Waals surface area contributed by atoms with Gasteiger partial charge in [-0.3, -0.25) is 23.5 Å². The zero-order valence-electron chi connectivity index (χ0n) is 18.7. The highest BCUT2D eigenvalue weighted by molar-refractivity contribution is 5.72. The lowest BCUT2D eigenvalue weighted by Crippen LogP contribution is -2.39. The largest absolute Gasteiger partial charge is 0.573 e. The van der Waals surface area contributed by atoms with Crippen LogP contribution in [0.15, 0.2) is 52.3 Å². The molecule has 0 saturated carbocycles. The summed E-state index contributed by atoms with van der Waals surface area (Å²) in [6.45, 7) is -0.493. The maximum absolute atomic E-state index is 13.8. The van der Waals surface area contributed by atoms with E-state index in [1.54, 1.807) is 0 Å². The van der Waals surface area contributed by atoms with Gasteiger partial charge in [-0.25, -0.2) is 9.18 Å². The van der Waals surface area contributed by atoms with Gasteiger partial charge in [0.05, 0.1) is 12.7 Å². The Bertz CT molecular complexity index is 1530. The number of hydrogen-bond acceptors (Lipinski definition) is 7. The zero-order chi connectivity index (χ0) is 26.0. The van der Waals surface area contributed by atoms with Gasteiger partial charge >= 0.3 is 18.1 Å². The lowest BCUT2D eigenvalue weighted by Gasteiger charge is -2.12. The molecule has 0 radical (unpaired) electrons. The fraction of sp³-hybridized carbons (Fsp3) is 0.273. The number of ether oxygens (including phenoxy) is 2. The molecule has 10 nitrogen and oxygen atoms in total. The maximum atomic E-state index is 13.8. The van der Waals surface area contributed by atoms with Crippen molar-refractivity contribution in [3.05, 3.63) is 74.9 Å². The number of hydrogen-bond donors (Lipinski definition) is 1. The molecule has 0 bridgehead atoms. The molecule has 0 atom stereocenters. The molecule has 0 saturated heterocycles. The first-order valence-corrected chi connectivity index (χ1v) is 10.5. The third-order valence-corrected chi connectivity index (χ3v) is 5.09. The third-order valence-electron chi connectivity index (χ3n) is 5.09. The fourth-order valence-corrected chi connectivity index (χ4v) is 3.57. The summed E-state index contributed by atoms with van der Waals surface area (Å²) in [6.07, 6.45) is -2.44. The molecule has 1 N–H and O–H groups in total. The Balaban J connectivity index is 1.88. The Morgan fingerprint density at radius 2 is 1.83 bits per heavy atom. The maximum Gasteiger partial charge on any atom is 0.573 e. The van der Waals surface area contributed by atoms with Crippen LogP contribution in [0.4, 0.5) is 17.6 Å².